The van der Waals surface area contributed by atoms with Gasteiger partial charge in [-0.1, -0.05) is 109 Å². The number of hydrogen-bond donors (Lipinski definition) is 1. The Morgan fingerprint density at radius 1 is 0.850 bits per heavy atom. The highest BCUT2D eigenvalue weighted by atomic mass is 31.2. The third-order valence-electron chi connectivity index (χ3n) is 6.99. The van der Waals surface area contributed by atoms with Gasteiger partial charge in [0.25, 0.3) is 0 Å². The zero-order chi connectivity index (χ0) is 29.3. The van der Waals surface area contributed by atoms with Crippen molar-refractivity contribution in [3.8, 4) is 11.8 Å². The summed E-state index contributed by atoms with van der Waals surface area (Å²) in [7, 11) is -1.48. The van der Waals surface area contributed by atoms with Crippen LogP contribution in [-0.4, -0.2) is 45.0 Å². The lowest BCUT2D eigenvalue weighted by atomic mass is 10.0. The van der Waals surface area contributed by atoms with E-state index in [4.69, 9.17) is 24.0 Å². The Morgan fingerprint density at radius 3 is 1.90 bits per heavy atom. The molecule has 0 aromatic heterocycles. The molecule has 0 aliphatic carbocycles. The minimum absolute atomic E-state index is 0.154. The minimum atomic E-state index is -4.12. The van der Waals surface area contributed by atoms with E-state index in [1.807, 2.05) is 0 Å². The molecule has 0 bridgehead atoms. The monoisotopic (exact) mass is 583 g/mol. The van der Waals surface area contributed by atoms with E-state index >= 15 is 0 Å². The summed E-state index contributed by atoms with van der Waals surface area (Å²) in [5.41, 5.74) is 1.24. The van der Waals surface area contributed by atoms with Gasteiger partial charge in [0.2, 0.25) is 0 Å². The molecule has 2 atom stereocenters. The van der Waals surface area contributed by atoms with Crippen LogP contribution in [0.2, 0.25) is 0 Å². The second kappa shape index (κ2) is 24.2. The lowest BCUT2D eigenvalue weighted by molar-refractivity contribution is -0.0503. The van der Waals surface area contributed by atoms with Crippen molar-refractivity contribution in [1.29, 1.82) is 5.26 Å². The van der Waals surface area contributed by atoms with Crippen molar-refractivity contribution in [2.24, 2.45) is 0 Å². The Kier molecular flexibility index (Phi) is 22.1. The Labute approximate surface area is 243 Å². The number of hydrogen-bond acceptors (Lipinski definition) is 7. The highest BCUT2D eigenvalue weighted by Gasteiger charge is 2.22. The summed E-state index contributed by atoms with van der Waals surface area (Å²) in [4.78, 5) is 9.59. The van der Waals surface area contributed by atoms with Crippen molar-refractivity contribution in [1.82, 2.24) is 0 Å². The van der Waals surface area contributed by atoms with Crippen LogP contribution in [0.15, 0.2) is 18.2 Å². The van der Waals surface area contributed by atoms with Crippen LogP contribution in [0.1, 0.15) is 121 Å². The van der Waals surface area contributed by atoms with Gasteiger partial charge in [0.15, 0.2) is 0 Å². The highest BCUT2D eigenvalue weighted by Crippen LogP contribution is 2.42. The first-order chi connectivity index (χ1) is 19.5. The maximum absolute atomic E-state index is 11.7. The molecule has 230 valence electrons. The fraction of sp³-hybridized carbons (Fsp3) is 0.774. The van der Waals surface area contributed by atoms with Gasteiger partial charge in [-0.3, -0.25) is 9.05 Å². The van der Waals surface area contributed by atoms with Crippen LogP contribution < -0.4 is 4.74 Å². The van der Waals surface area contributed by atoms with Gasteiger partial charge in [-0.05, 0) is 18.6 Å². The quantitative estimate of drug-likeness (QED) is 0.0811. The van der Waals surface area contributed by atoms with Gasteiger partial charge < -0.3 is 19.1 Å². The Balaban J connectivity index is 2.17. The number of benzene rings is 1. The Hall–Kier alpha value is -1.46. The molecule has 0 fully saturated rings. The zero-order valence-corrected chi connectivity index (χ0v) is 26.1. The number of rotatable bonds is 27. The maximum Gasteiger partial charge on any atom is 0.472 e. The van der Waals surface area contributed by atoms with E-state index in [1.165, 1.54) is 97.0 Å². The number of ether oxygens (including phenoxy) is 3. The van der Waals surface area contributed by atoms with Gasteiger partial charge in [0.05, 0.1) is 38.6 Å². The van der Waals surface area contributed by atoms with Crippen molar-refractivity contribution in [2.45, 2.75) is 122 Å². The van der Waals surface area contributed by atoms with Crippen LogP contribution in [0.3, 0.4) is 0 Å². The second-order valence-corrected chi connectivity index (χ2v) is 12.0. The average molecular weight is 584 g/mol. The molecule has 0 saturated carbocycles. The van der Waals surface area contributed by atoms with Gasteiger partial charge in [0, 0.05) is 19.3 Å². The van der Waals surface area contributed by atoms with E-state index in [-0.39, 0.29) is 19.8 Å². The number of phosphoric acid groups is 1. The van der Waals surface area contributed by atoms with Crippen molar-refractivity contribution in [3.63, 3.8) is 0 Å². The van der Waals surface area contributed by atoms with Crippen LogP contribution >= 0.6 is 7.82 Å². The van der Waals surface area contributed by atoms with E-state index < -0.39 is 13.9 Å². The first kappa shape index (κ1) is 36.6. The molecule has 0 saturated heterocycles. The van der Waals surface area contributed by atoms with Crippen LogP contribution in [0.4, 0.5) is 0 Å². The lowest BCUT2D eigenvalue weighted by Crippen LogP contribution is -2.25. The van der Waals surface area contributed by atoms with Crippen molar-refractivity contribution < 1.29 is 32.7 Å². The molecule has 1 aromatic carbocycles. The number of phosphoric ester groups is 1. The molecule has 1 N–H and O–H groups in total. The molecule has 0 aliphatic heterocycles. The molecule has 1 unspecified atom stereocenters. The topological polar surface area (TPSA) is 107 Å². The minimum Gasteiger partial charge on any atom is -0.496 e. The smallest absolute Gasteiger partial charge is 0.472 e. The normalized spacial score (nSPS) is 13.6. The second-order valence-electron chi connectivity index (χ2n) is 10.4. The van der Waals surface area contributed by atoms with Gasteiger partial charge in [-0.15, -0.1) is 0 Å². The molecule has 1 aromatic rings. The standard InChI is InChI=1S/C31H54NO7P/c1-4-5-6-7-8-9-10-11-12-13-14-15-16-17-18-19-22-37-26-30(27-39-40(33,34)36-3)38-25-29-21-20-28(24-32)23-31(29)35-2/h20-21,23,30H,4-19,22,25-27H2,1-3H3,(H,33,34)/t30-/m0/s1. The third-order valence-corrected chi connectivity index (χ3v) is 7.93. The Morgan fingerprint density at radius 2 is 1.40 bits per heavy atom. The molecular weight excluding hydrogens is 529 g/mol. The van der Waals surface area contributed by atoms with E-state index in [1.54, 1.807) is 18.2 Å². The summed E-state index contributed by atoms with van der Waals surface area (Å²) in [5, 5.41) is 9.08. The zero-order valence-electron chi connectivity index (χ0n) is 25.2. The van der Waals surface area contributed by atoms with E-state index in [0.717, 1.165) is 25.5 Å². The van der Waals surface area contributed by atoms with Crippen LogP contribution in [0, 0.1) is 11.3 Å². The van der Waals surface area contributed by atoms with Gasteiger partial charge >= 0.3 is 7.82 Å². The number of nitrogens with zero attached hydrogens (tertiary/aromatic N) is 1. The van der Waals surface area contributed by atoms with E-state index in [2.05, 4.69) is 17.5 Å². The predicted molar refractivity (Wildman–Crippen MR) is 159 cm³/mol. The molecule has 40 heavy (non-hydrogen) atoms. The number of methoxy groups -OCH3 is 1. The summed E-state index contributed by atoms with van der Waals surface area (Å²) < 4.78 is 38.3. The fourth-order valence-electron chi connectivity index (χ4n) is 4.48. The predicted octanol–water partition coefficient (Wildman–Crippen LogP) is 8.49. The first-order valence-corrected chi connectivity index (χ1v) is 16.7. The van der Waals surface area contributed by atoms with Gasteiger partial charge in [-0.2, -0.15) is 5.26 Å². The van der Waals surface area contributed by atoms with Crippen LogP contribution in [0.25, 0.3) is 0 Å². The molecule has 0 radical (unpaired) electrons. The molecule has 1 rings (SSSR count). The number of nitriles is 1. The van der Waals surface area contributed by atoms with Crippen LogP contribution in [0.5, 0.6) is 5.75 Å². The maximum atomic E-state index is 11.7. The molecule has 0 heterocycles. The summed E-state index contributed by atoms with van der Waals surface area (Å²) in [6.45, 7) is 3.11. The van der Waals surface area contributed by atoms with Crippen molar-refractivity contribution in [3.05, 3.63) is 29.3 Å². The molecule has 0 spiro atoms. The van der Waals surface area contributed by atoms with Crippen molar-refractivity contribution in [2.75, 3.05) is 34.0 Å². The summed E-state index contributed by atoms with van der Waals surface area (Å²) >= 11 is 0. The van der Waals surface area contributed by atoms with E-state index in [0.29, 0.717) is 17.9 Å². The van der Waals surface area contributed by atoms with E-state index in [9.17, 15) is 9.46 Å². The third kappa shape index (κ3) is 18.8. The SMILES string of the molecule is CCCCCCCCCCCCCCCCCCOC[C@@H](COP(=O)(O)OC)OCc1ccc(C#N)cc1OC. The molecular formula is C31H54NO7P. The van der Waals surface area contributed by atoms with Gasteiger partial charge in [-0.25, -0.2) is 4.57 Å². The molecule has 8 nitrogen and oxygen atoms in total. The lowest BCUT2D eigenvalue weighted by Gasteiger charge is -2.20. The van der Waals surface area contributed by atoms with Gasteiger partial charge in [0.1, 0.15) is 11.9 Å². The first-order valence-electron chi connectivity index (χ1n) is 15.2. The summed E-state index contributed by atoms with van der Waals surface area (Å²) in [6.07, 6.45) is 20.5. The summed E-state index contributed by atoms with van der Waals surface area (Å²) in [6, 6.07) is 7.17. The Bertz CT molecular complexity index is 845. The average Bonchev–Trinajstić information content (AvgIpc) is 2.97. The number of unbranched alkanes of at least 4 members (excludes halogenated alkanes) is 15. The fourth-order valence-corrected chi connectivity index (χ4v) is 4.94. The van der Waals surface area contributed by atoms with Crippen LogP contribution in [-0.2, 0) is 29.7 Å². The largest absolute Gasteiger partial charge is 0.496 e. The molecule has 9 heteroatoms. The molecule has 0 amide bonds. The highest BCUT2D eigenvalue weighted by molar-refractivity contribution is 7.47. The summed E-state index contributed by atoms with van der Waals surface area (Å²) in [5.74, 6) is 0.539. The molecule has 0 aliphatic rings. The van der Waals surface area contributed by atoms with Crippen molar-refractivity contribution >= 4 is 7.82 Å².